The molecular formula is C14H18BrN3. The molecular weight excluding hydrogens is 290 g/mol. The fourth-order valence-corrected chi connectivity index (χ4v) is 2.38. The van der Waals surface area contributed by atoms with E-state index in [9.17, 15) is 0 Å². The molecule has 18 heavy (non-hydrogen) atoms. The molecule has 2 aromatic rings. The fourth-order valence-electron chi connectivity index (χ4n) is 1.96. The van der Waals surface area contributed by atoms with Crippen molar-refractivity contribution in [2.45, 2.75) is 33.5 Å². The maximum atomic E-state index is 4.48. The number of benzene rings is 1. The third-order valence-corrected chi connectivity index (χ3v) is 3.95. The number of rotatable bonds is 5. The van der Waals surface area contributed by atoms with E-state index in [0.717, 1.165) is 29.8 Å². The molecule has 1 N–H and O–H groups in total. The van der Waals surface area contributed by atoms with Crippen LogP contribution in [0.5, 0.6) is 0 Å². The zero-order chi connectivity index (χ0) is 13.0. The van der Waals surface area contributed by atoms with Crippen LogP contribution < -0.4 is 5.32 Å². The Morgan fingerprint density at radius 1 is 1.22 bits per heavy atom. The molecule has 0 saturated carbocycles. The Hall–Kier alpha value is -1.13. The zero-order valence-corrected chi connectivity index (χ0v) is 12.4. The first-order valence-corrected chi connectivity index (χ1v) is 6.98. The van der Waals surface area contributed by atoms with Gasteiger partial charge in [0.1, 0.15) is 0 Å². The van der Waals surface area contributed by atoms with Crippen molar-refractivity contribution in [3.63, 3.8) is 0 Å². The molecule has 0 radical (unpaired) electrons. The highest BCUT2D eigenvalue weighted by Gasteiger charge is 2.11. The first kappa shape index (κ1) is 13.3. The van der Waals surface area contributed by atoms with E-state index in [2.05, 4.69) is 57.5 Å². The van der Waals surface area contributed by atoms with Crippen LogP contribution in [0.3, 0.4) is 0 Å². The minimum atomic E-state index is 0.824. The molecule has 96 valence electrons. The number of nitrogens with zero attached hydrogens (tertiary/aromatic N) is 2. The molecule has 0 atom stereocenters. The van der Waals surface area contributed by atoms with Crippen LogP contribution in [0, 0.1) is 6.92 Å². The normalized spacial score (nSPS) is 10.8. The molecule has 0 spiro atoms. The molecule has 3 nitrogen and oxygen atoms in total. The smallest absolute Gasteiger partial charge is 0.0739 e. The first-order chi connectivity index (χ1) is 8.72. The van der Waals surface area contributed by atoms with Crippen LogP contribution in [0.4, 0.5) is 0 Å². The summed E-state index contributed by atoms with van der Waals surface area (Å²) in [4.78, 5) is 0. The lowest BCUT2D eigenvalue weighted by Crippen LogP contribution is -2.16. The molecule has 2 rings (SSSR count). The maximum Gasteiger partial charge on any atom is 0.0739 e. The van der Waals surface area contributed by atoms with E-state index < -0.39 is 0 Å². The molecule has 0 saturated heterocycles. The Balaban J connectivity index is 1.98. The zero-order valence-electron chi connectivity index (χ0n) is 10.8. The topological polar surface area (TPSA) is 29.9 Å². The number of hydrogen-bond donors (Lipinski definition) is 1. The number of aromatic nitrogens is 2. The van der Waals surface area contributed by atoms with Gasteiger partial charge in [-0.1, -0.05) is 30.3 Å². The standard InChI is InChI=1S/C14H18BrN3/c1-3-18-13(14(15)11(2)17-18)10-16-9-12-7-5-4-6-8-12/h4-8,16H,3,9-10H2,1-2H3. The van der Waals surface area contributed by atoms with Crippen LogP contribution in [0.1, 0.15) is 23.9 Å². The van der Waals surface area contributed by atoms with Crippen molar-refractivity contribution in [3.8, 4) is 0 Å². The maximum absolute atomic E-state index is 4.48. The van der Waals surface area contributed by atoms with Gasteiger partial charge >= 0.3 is 0 Å². The summed E-state index contributed by atoms with van der Waals surface area (Å²) in [6, 6.07) is 10.4. The quantitative estimate of drug-likeness (QED) is 0.919. The van der Waals surface area contributed by atoms with E-state index in [1.54, 1.807) is 0 Å². The highest BCUT2D eigenvalue weighted by molar-refractivity contribution is 9.10. The number of nitrogens with one attached hydrogen (secondary N) is 1. The fraction of sp³-hybridized carbons (Fsp3) is 0.357. The van der Waals surface area contributed by atoms with Gasteiger partial charge in [-0.3, -0.25) is 4.68 Å². The molecule has 1 heterocycles. The van der Waals surface area contributed by atoms with E-state index >= 15 is 0 Å². The van der Waals surface area contributed by atoms with E-state index in [-0.39, 0.29) is 0 Å². The van der Waals surface area contributed by atoms with Crippen molar-refractivity contribution < 1.29 is 0 Å². The highest BCUT2D eigenvalue weighted by Crippen LogP contribution is 2.20. The summed E-state index contributed by atoms with van der Waals surface area (Å²) < 4.78 is 3.15. The third-order valence-electron chi connectivity index (χ3n) is 2.92. The van der Waals surface area contributed by atoms with E-state index in [4.69, 9.17) is 0 Å². The van der Waals surface area contributed by atoms with Crippen molar-refractivity contribution in [1.29, 1.82) is 0 Å². The molecule has 0 amide bonds. The van der Waals surface area contributed by atoms with Gasteiger partial charge in [-0.05, 0) is 35.3 Å². The summed E-state index contributed by atoms with van der Waals surface area (Å²) in [6.45, 7) is 6.73. The second-order valence-corrected chi connectivity index (χ2v) is 5.04. The Morgan fingerprint density at radius 2 is 1.94 bits per heavy atom. The van der Waals surface area contributed by atoms with Crippen LogP contribution >= 0.6 is 15.9 Å². The van der Waals surface area contributed by atoms with Gasteiger partial charge in [-0.25, -0.2) is 0 Å². The highest BCUT2D eigenvalue weighted by atomic mass is 79.9. The lowest BCUT2D eigenvalue weighted by Gasteiger charge is -2.07. The van der Waals surface area contributed by atoms with Gasteiger partial charge in [0, 0.05) is 19.6 Å². The molecule has 4 heteroatoms. The number of hydrogen-bond acceptors (Lipinski definition) is 2. The minimum Gasteiger partial charge on any atom is -0.307 e. The average Bonchev–Trinajstić information content (AvgIpc) is 2.67. The summed E-state index contributed by atoms with van der Waals surface area (Å²) in [5.41, 5.74) is 3.56. The lowest BCUT2D eigenvalue weighted by molar-refractivity contribution is 0.578. The molecule has 0 aliphatic heterocycles. The first-order valence-electron chi connectivity index (χ1n) is 6.18. The number of halogens is 1. The molecule has 1 aromatic heterocycles. The van der Waals surface area contributed by atoms with Gasteiger partial charge in [0.25, 0.3) is 0 Å². The molecule has 0 aliphatic carbocycles. The summed E-state index contributed by atoms with van der Waals surface area (Å²) in [6.07, 6.45) is 0. The van der Waals surface area contributed by atoms with E-state index in [0.29, 0.717) is 0 Å². The van der Waals surface area contributed by atoms with E-state index in [1.807, 2.05) is 17.7 Å². The SMILES string of the molecule is CCn1nc(C)c(Br)c1CNCc1ccccc1. The van der Waals surface area contributed by atoms with Crippen molar-refractivity contribution >= 4 is 15.9 Å². The van der Waals surface area contributed by atoms with Gasteiger partial charge in [0.05, 0.1) is 15.9 Å². The largest absolute Gasteiger partial charge is 0.307 e. The Labute approximate surface area is 116 Å². The number of aryl methyl sites for hydroxylation is 2. The predicted octanol–water partition coefficient (Wildman–Crippen LogP) is 3.26. The Bertz CT molecular complexity index is 505. The van der Waals surface area contributed by atoms with Gasteiger partial charge < -0.3 is 5.32 Å². The van der Waals surface area contributed by atoms with Crippen LogP contribution in [-0.4, -0.2) is 9.78 Å². The van der Waals surface area contributed by atoms with E-state index in [1.165, 1.54) is 11.3 Å². The summed E-state index contributed by atoms with van der Waals surface area (Å²) >= 11 is 3.60. The van der Waals surface area contributed by atoms with Crippen molar-refractivity contribution in [2.75, 3.05) is 0 Å². The van der Waals surface area contributed by atoms with Gasteiger partial charge in [-0.15, -0.1) is 0 Å². The van der Waals surface area contributed by atoms with Crippen LogP contribution in [-0.2, 0) is 19.6 Å². The Morgan fingerprint density at radius 3 is 2.61 bits per heavy atom. The van der Waals surface area contributed by atoms with Crippen LogP contribution in [0.2, 0.25) is 0 Å². The van der Waals surface area contributed by atoms with Gasteiger partial charge in [-0.2, -0.15) is 5.10 Å². The molecule has 1 aromatic carbocycles. The van der Waals surface area contributed by atoms with Crippen LogP contribution in [0.25, 0.3) is 0 Å². The molecule has 0 fully saturated rings. The lowest BCUT2D eigenvalue weighted by atomic mass is 10.2. The second-order valence-electron chi connectivity index (χ2n) is 4.25. The average molecular weight is 308 g/mol. The van der Waals surface area contributed by atoms with Gasteiger partial charge in [0.15, 0.2) is 0 Å². The van der Waals surface area contributed by atoms with Crippen LogP contribution in [0.15, 0.2) is 34.8 Å². The van der Waals surface area contributed by atoms with Crippen molar-refractivity contribution in [1.82, 2.24) is 15.1 Å². The summed E-state index contributed by atoms with van der Waals surface area (Å²) in [5.74, 6) is 0. The van der Waals surface area contributed by atoms with Crippen molar-refractivity contribution in [2.24, 2.45) is 0 Å². The summed E-state index contributed by atoms with van der Waals surface area (Å²) in [5, 5.41) is 7.94. The Kier molecular flexibility index (Phi) is 4.55. The molecule has 0 bridgehead atoms. The molecule has 0 unspecified atom stereocenters. The summed E-state index contributed by atoms with van der Waals surface area (Å²) in [7, 11) is 0. The van der Waals surface area contributed by atoms with Gasteiger partial charge in [0.2, 0.25) is 0 Å². The predicted molar refractivity (Wildman–Crippen MR) is 77.3 cm³/mol. The minimum absolute atomic E-state index is 0.824. The van der Waals surface area contributed by atoms with Crippen molar-refractivity contribution in [3.05, 3.63) is 51.8 Å². The monoisotopic (exact) mass is 307 g/mol. The molecule has 0 aliphatic rings. The second kappa shape index (κ2) is 6.16. The third kappa shape index (κ3) is 3.00.